The number of aryl methyl sites for hydroxylation is 1. The van der Waals surface area contributed by atoms with Crippen molar-refractivity contribution in [3.05, 3.63) is 76.5 Å². The minimum Gasteiger partial charge on any atom is -0.478 e. The van der Waals surface area contributed by atoms with Crippen molar-refractivity contribution < 1.29 is 36.2 Å². The third-order valence-electron chi connectivity index (χ3n) is 6.28. The third kappa shape index (κ3) is 8.40. The van der Waals surface area contributed by atoms with Crippen molar-refractivity contribution in [2.24, 2.45) is 0 Å². The zero-order chi connectivity index (χ0) is 30.5. The van der Waals surface area contributed by atoms with Crippen LogP contribution in [0.1, 0.15) is 46.5 Å². The van der Waals surface area contributed by atoms with Crippen molar-refractivity contribution in [1.82, 2.24) is 20.6 Å². The van der Waals surface area contributed by atoms with Gasteiger partial charge in [-0.05, 0) is 57.1 Å². The zero-order valence-corrected chi connectivity index (χ0v) is 22.9. The second kappa shape index (κ2) is 12.9. The van der Waals surface area contributed by atoms with Crippen LogP contribution < -0.4 is 15.5 Å². The van der Waals surface area contributed by atoms with Crippen molar-refractivity contribution in [2.45, 2.75) is 51.8 Å². The number of piperazine rings is 1. The van der Waals surface area contributed by atoms with E-state index in [9.17, 15) is 36.2 Å². The number of alkyl halides is 6. The first kappa shape index (κ1) is 31.8. The van der Waals surface area contributed by atoms with Crippen LogP contribution >= 0.6 is 0 Å². The van der Waals surface area contributed by atoms with Gasteiger partial charge in [0.15, 0.2) is 0 Å². The molecule has 0 radical (unpaired) electrons. The Kier molecular flexibility index (Phi) is 9.98. The van der Waals surface area contributed by atoms with Gasteiger partial charge in [-0.3, -0.25) is 0 Å². The van der Waals surface area contributed by atoms with Crippen molar-refractivity contribution in [2.75, 3.05) is 25.0 Å². The molecule has 2 heterocycles. The molecule has 1 aromatic heterocycles. The first-order valence-electron chi connectivity index (χ1n) is 12.7. The maximum absolute atomic E-state index is 12.4. The van der Waals surface area contributed by atoms with E-state index >= 15 is 0 Å². The van der Waals surface area contributed by atoms with Crippen LogP contribution in [0.25, 0.3) is 11.3 Å². The molecule has 222 valence electrons. The highest BCUT2D eigenvalue weighted by atomic mass is 19.4. The molecule has 0 aliphatic carbocycles. The van der Waals surface area contributed by atoms with Crippen LogP contribution in [0.2, 0.25) is 0 Å². The SMILES string of the molecule is CNCc1cc(C(F)(F)F)cc(C(F)(F)F)c1.Cc1ccccc1-c1nc(N2C[C@@H](C)N[C@@H](C)C2)ncc1C(=O)O. The molecule has 1 fully saturated rings. The van der Waals surface area contributed by atoms with Crippen LogP contribution in [0.15, 0.2) is 48.7 Å². The monoisotopic (exact) mass is 583 g/mol. The van der Waals surface area contributed by atoms with Crippen molar-refractivity contribution in [1.29, 1.82) is 0 Å². The summed E-state index contributed by atoms with van der Waals surface area (Å²) in [5.41, 5.74) is -0.222. The number of hydrogen-bond acceptors (Lipinski definition) is 6. The topological polar surface area (TPSA) is 90.4 Å². The molecule has 7 nitrogen and oxygen atoms in total. The van der Waals surface area contributed by atoms with E-state index in [-0.39, 0.29) is 23.7 Å². The number of nitrogens with zero attached hydrogens (tertiary/aromatic N) is 3. The smallest absolute Gasteiger partial charge is 0.416 e. The van der Waals surface area contributed by atoms with Gasteiger partial charge in [-0.1, -0.05) is 24.3 Å². The lowest BCUT2D eigenvalue weighted by Crippen LogP contribution is -2.54. The number of benzene rings is 2. The van der Waals surface area contributed by atoms with E-state index in [1.165, 1.54) is 13.2 Å². The predicted molar refractivity (Wildman–Crippen MR) is 143 cm³/mol. The molecule has 0 spiro atoms. The number of halogens is 6. The van der Waals surface area contributed by atoms with Crippen LogP contribution in [0, 0.1) is 6.92 Å². The van der Waals surface area contributed by atoms with Crippen LogP contribution in [-0.2, 0) is 18.9 Å². The number of carboxylic acid groups (broad SMARTS) is 1. The molecule has 1 saturated heterocycles. The quantitative estimate of drug-likeness (QED) is 0.328. The molecule has 0 bridgehead atoms. The molecule has 0 unspecified atom stereocenters. The number of hydrogen-bond donors (Lipinski definition) is 3. The Bertz CT molecular complexity index is 1320. The summed E-state index contributed by atoms with van der Waals surface area (Å²) in [4.78, 5) is 22.6. The van der Waals surface area contributed by atoms with Crippen LogP contribution in [0.5, 0.6) is 0 Å². The Labute approximate surface area is 233 Å². The van der Waals surface area contributed by atoms with E-state index in [1.807, 2.05) is 31.2 Å². The largest absolute Gasteiger partial charge is 0.478 e. The van der Waals surface area contributed by atoms with Crippen LogP contribution in [0.3, 0.4) is 0 Å². The Balaban J connectivity index is 0.000000241. The lowest BCUT2D eigenvalue weighted by Gasteiger charge is -2.36. The van der Waals surface area contributed by atoms with Crippen LogP contribution in [-0.4, -0.2) is 53.3 Å². The molecular weight excluding hydrogens is 552 g/mol. The summed E-state index contributed by atoms with van der Waals surface area (Å²) in [6.07, 6.45) is -8.16. The van der Waals surface area contributed by atoms with Gasteiger partial charge < -0.3 is 20.6 Å². The van der Waals surface area contributed by atoms with Crippen molar-refractivity contribution >= 4 is 11.9 Å². The number of carboxylic acids is 1. The van der Waals surface area contributed by atoms with E-state index in [2.05, 4.69) is 39.3 Å². The van der Waals surface area contributed by atoms with Crippen molar-refractivity contribution in [3.63, 3.8) is 0 Å². The fraction of sp³-hybridized carbons (Fsp3) is 0.393. The Hall–Kier alpha value is -3.71. The molecule has 4 rings (SSSR count). The number of aromatic carboxylic acids is 1. The van der Waals surface area contributed by atoms with Gasteiger partial charge in [0.2, 0.25) is 5.95 Å². The van der Waals surface area contributed by atoms with Gasteiger partial charge in [-0.15, -0.1) is 0 Å². The van der Waals surface area contributed by atoms with Gasteiger partial charge in [-0.25, -0.2) is 14.8 Å². The number of anilines is 1. The highest BCUT2D eigenvalue weighted by Gasteiger charge is 2.36. The molecule has 2 atom stereocenters. The van der Waals surface area contributed by atoms with E-state index in [0.29, 0.717) is 35.9 Å². The van der Waals surface area contributed by atoms with E-state index in [1.54, 1.807) is 0 Å². The highest BCUT2D eigenvalue weighted by Crippen LogP contribution is 2.36. The molecule has 0 saturated carbocycles. The fourth-order valence-corrected chi connectivity index (χ4v) is 4.54. The molecule has 3 N–H and O–H groups in total. The molecule has 41 heavy (non-hydrogen) atoms. The fourth-order valence-electron chi connectivity index (χ4n) is 4.54. The average molecular weight is 584 g/mol. The molecular formula is C28H31F6N5O2. The number of nitrogens with one attached hydrogen (secondary N) is 2. The summed E-state index contributed by atoms with van der Waals surface area (Å²) in [7, 11) is 1.44. The van der Waals surface area contributed by atoms with Gasteiger partial charge in [0.25, 0.3) is 0 Å². The number of aromatic nitrogens is 2. The number of rotatable bonds is 5. The third-order valence-corrected chi connectivity index (χ3v) is 6.28. The van der Waals surface area contributed by atoms with E-state index in [4.69, 9.17) is 0 Å². The van der Waals surface area contributed by atoms with E-state index in [0.717, 1.165) is 24.2 Å². The van der Waals surface area contributed by atoms with Gasteiger partial charge in [0.1, 0.15) is 5.56 Å². The van der Waals surface area contributed by atoms with Gasteiger partial charge in [-0.2, -0.15) is 26.3 Å². The minimum atomic E-state index is -4.79. The Morgan fingerprint density at radius 2 is 1.59 bits per heavy atom. The molecule has 1 aliphatic heterocycles. The normalized spacial score (nSPS) is 17.6. The summed E-state index contributed by atoms with van der Waals surface area (Å²) in [5, 5.41) is 15.5. The summed E-state index contributed by atoms with van der Waals surface area (Å²) in [5.74, 6) is -0.430. The molecule has 0 amide bonds. The second-order valence-corrected chi connectivity index (χ2v) is 9.87. The first-order valence-corrected chi connectivity index (χ1v) is 12.7. The highest BCUT2D eigenvalue weighted by molar-refractivity contribution is 5.95. The first-order chi connectivity index (χ1) is 19.1. The summed E-state index contributed by atoms with van der Waals surface area (Å²) in [6, 6.07) is 9.86. The minimum absolute atomic E-state index is 0.0605. The lowest BCUT2D eigenvalue weighted by atomic mass is 10.0. The van der Waals surface area contributed by atoms with Gasteiger partial charge >= 0.3 is 18.3 Å². The molecule has 1 aliphatic rings. The van der Waals surface area contributed by atoms with E-state index < -0.39 is 29.4 Å². The Morgan fingerprint density at radius 3 is 2.07 bits per heavy atom. The zero-order valence-electron chi connectivity index (χ0n) is 22.9. The summed E-state index contributed by atoms with van der Waals surface area (Å²) in [6.45, 7) is 7.73. The van der Waals surface area contributed by atoms with Crippen LogP contribution in [0.4, 0.5) is 32.3 Å². The molecule has 13 heteroatoms. The Morgan fingerprint density at radius 1 is 1.02 bits per heavy atom. The summed E-state index contributed by atoms with van der Waals surface area (Å²) >= 11 is 0. The number of carbonyl (C=O) groups is 1. The molecule has 2 aromatic carbocycles. The van der Waals surface area contributed by atoms with Gasteiger partial charge in [0.05, 0.1) is 16.8 Å². The standard InChI is InChI=1S/C18H22N4O2.C10H9F6N/c1-11-6-4-5-7-14(11)16-15(17(23)24)8-19-18(21-16)22-9-12(2)20-13(3)10-22;1-17-5-6-2-7(9(11,12)13)4-8(3-6)10(14,15)16/h4-8,12-13,20H,9-10H2,1-3H3,(H,23,24);2-4,17H,5H2,1H3/t12-,13+;. The van der Waals surface area contributed by atoms with Gasteiger partial charge in [0, 0.05) is 43.5 Å². The maximum Gasteiger partial charge on any atom is 0.416 e. The van der Waals surface area contributed by atoms with Crippen molar-refractivity contribution in [3.8, 4) is 11.3 Å². The average Bonchev–Trinajstić information content (AvgIpc) is 2.87. The molecule has 3 aromatic rings. The maximum atomic E-state index is 12.4. The summed E-state index contributed by atoms with van der Waals surface area (Å²) < 4.78 is 74.3. The second-order valence-electron chi connectivity index (χ2n) is 9.87. The predicted octanol–water partition coefficient (Wildman–Crippen LogP) is 5.78. The lowest BCUT2D eigenvalue weighted by molar-refractivity contribution is -0.143.